The van der Waals surface area contributed by atoms with E-state index in [4.69, 9.17) is 4.74 Å². The standard InChI is InChI=1S/C27H39F3O/c1-5-14-25(2,3)15-12-19-17-18-8-6-7-9-20(18)21-13-16-26(4)22(24(19)21)10-11-23(26)31-27(28,29)30/h6-9,19,21-24H,5,10-17H2,1-4H3. The van der Waals surface area contributed by atoms with Crippen molar-refractivity contribution in [2.75, 3.05) is 0 Å². The second kappa shape index (κ2) is 8.39. The number of fused-ring (bicyclic) bond motifs is 5. The summed E-state index contributed by atoms with van der Waals surface area (Å²) in [6, 6.07) is 8.85. The van der Waals surface area contributed by atoms with Crippen molar-refractivity contribution in [3.05, 3.63) is 35.4 Å². The van der Waals surface area contributed by atoms with Gasteiger partial charge in [-0.1, -0.05) is 58.4 Å². The summed E-state index contributed by atoms with van der Waals surface area (Å²) in [7, 11) is 0. The molecule has 2 saturated carbocycles. The zero-order chi connectivity index (χ0) is 22.4. The van der Waals surface area contributed by atoms with Gasteiger partial charge in [0.05, 0.1) is 6.10 Å². The number of alkyl halides is 3. The van der Waals surface area contributed by atoms with E-state index in [1.54, 1.807) is 0 Å². The van der Waals surface area contributed by atoms with Crippen molar-refractivity contribution in [2.24, 2.45) is 28.6 Å². The van der Waals surface area contributed by atoms with Gasteiger partial charge < -0.3 is 0 Å². The molecule has 0 radical (unpaired) electrons. The van der Waals surface area contributed by atoms with Crippen molar-refractivity contribution in [3.63, 3.8) is 0 Å². The van der Waals surface area contributed by atoms with Gasteiger partial charge in [0.15, 0.2) is 0 Å². The Kier molecular flexibility index (Phi) is 6.26. The number of hydrogen-bond donors (Lipinski definition) is 0. The Labute approximate surface area is 186 Å². The maximum Gasteiger partial charge on any atom is 0.522 e. The second-order valence-corrected chi connectivity index (χ2v) is 11.6. The van der Waals surface area contributed by atoms with Crippen molar-refractivity contribution in [2.45, 2.75) is 104 Å². The average Bonchev–Trinajstić information content (AvgIpc) is 3.00. The van der Waals surface area contributed by atoms with E-state index < -0.39 is 12.5 Å². The third-order valence-electron chi connectivity index (χ3n) is 9.12. The summed E-state index contributed by atoms with van der Waals surface area (Å²) in [4.78, 5) is 0. The monoisotopic (exact) mass is 436 g/mol. The van der Waals surface area contributed by atoms with E-state index in [2.05, 4.69) is 52.0 Å². The summed E-state index contributed by atoms with van der Waals surface area (Å²) in [6.07, 6.45) is 3.89. The largest absolute Gasteiger partial charge is 0.522 e. The number of halogens is 3. The third-order valence-corrected chi connectivity index (χ3v) is 9.12. The molecular formula is C27H39F3O. The second-order valence-electron chi connectivity index (χ2n) is 11.6. The fourth-order valence-electron chi connectivity index (χ4n) is 7.69. The van der Waals surface area contributed by atoms with Gasteiger partial charge in [0.1, 0.15) is 0 Å². The quantitative estimate of drug-likeness (QED) is 0.436. The average molecular weight is 437 g/mol. The Morgan fingerprint density at radius 2 is 1.81 bits per heavy atom. The molecule has 3 aliphatic rings. The van der Waals surface area contributed by atoms with Crippen LogP contribution in [0.2, 0.25) is 0 Å². The molecule has 2 fully saturated rings. The van der Waals surface area contributed by atoms with Crippen LogP contribution in [0.5, 0.6) is 0 Å². The van der Waals surface area contributed by atoms with Crippen LogP contribution in [0.1, 0.15) is 96.1 Å². The van der Waals surface area contributed by atoms with Gasteiger partial charge in [-0.15, -0.1) is 13.2 Å². The first-order valence-electron chi connectivity index (χ1n) is 12.4. The highest BCUT2D eigenvalue weighted by atomic mass is 19.4. The molecule has 4 rings (SSSR count). The van der Waals surface area contributed by atoms with Crippen LogP contribution in [0.3, 0.4) is 0 Å². The lowest BCUT2D eigenvalue weighted by atomic mass is 9.52. The molecule has 0 aliphatic heterocycles. The van der Waals surface area contributed by atoms with Crippen LogP contribution >= 0.6 is 0 Å². The van der Waals surface area contributed by atoms with Crippen molar-refractivity contribution >= 4 is 0 Å². The molecule has 6 atom stereocenters. The topological polar surface area (TPSA) is 9.23 Å². The predicted molar refractivity (Wildman–Crippen MR) is 119 cm³/mol. The third kappa shape index (κ3) is 4.56. The maximum atomic E-state index is 13.1. The van der Waals surface area contributed by atoms with Gasteiger partial charge in [0, 0.05) is 0 Å². The van der Waals surface area contributed by atoms with E-state index in [0.29, 0.717) is 35.5 Å². The molecule has 6 unspecified atom stereocenters. The lowest BCUT2D eigenvalue weighted by molar-refractivity contribution is -0.354. The number of rotatable bonds is 6. The van der Waals surface area contributed by atoms with Gasteiger partial charge in [-0.2, -0.15) is 0 Å². The summed E-state index contributed by atoms with van der Waals surface area (Å²) >= 11 is 0. The Bertz CT molecular complexity index is 770. The Balaban J connectivity index is 1.62. The van der Waals surface area contributed by atoms with Crippen molar-refractivity contribution in [3.8, 4) is 0 Å². The summed E-state index contributed by atoms with van der Waals surface area (Å²) in [5.41, 5.74) is 2.92. The molecule has 1 aromatic carbocycles. The van der Waals surface area contributed by atoms with Crippen LogP contribution in [-0.2, 0) is 11.2 Å². The van der Waals surface area contributed by atoms with Crippen molar-refractivity contribution in [1.29, 1.82) is 0 Å². The molecule has 1 nitrogen and oxygen atoms in total. The van der Waals surface area contributed by atoms with Gasteiger partial charge in [-0.05, 0) is 97.0 Å². The summed E-state index contributed by atoms with van der Waals surface area (Å²) in [5, 5.41) is 0. The Morgan fingerprint density at radius 3 is 2.52 bits per heavy atom. The van der Waals surface area contributed by atoms with Gasteiger partial charge in [0.25, 0.3) is 0 Å². The molecule has 0 saturated heterocycles. The Hall–Kier alpha value is -1.03. The van der Waals surface area contributed by atoms with Crippen LogP contribution in [0.15, 0.2) is 24.3 Å². The maximum absolute atomic E-state index is 13.1. The molecule has 0 N–H and O–H groups in total. The van der Waals surface area contributed by atoms with E-state index in [1.165, 1.54) is 36.8 Å². The van der Waals surface area contributed by atoms with E-state index in [9.17, 15) is 13.2 Å². The first-order chi connectivity index (χ1) is 14.5. The van der Waals surface area contributed by atoms with Gasteiger partial charge in [-0.3, -0.25) is 4.74 Å². The molecule has 1 aromatic rings. The van der Waals surface area contributed by atoms with Crippen LogP contribution in [0.25, 0.3) is 0 Å². The Morgan fingerprint density at radius 1 is 1.06 bits per heavy atom. The fraction of sp³-hybridized carbons (Fsp3) is 0.778. The molecule has 0 bridgehead atoms. The van der Waals surface area contributed by atoms with Crippen LogP contribution < -0.4 is 0 Å². The molecule has 0 spiro atoms. The molecule has 4 heteroatoms. The molecule has 0 amide bonds. The first-order valence-corrected chi connectivity index (χ1v) is 12.4. The number of benzene rings is 1. The molecule has 0 heterocycles. The van der Waals surface area contributed by atoms with Gasteiger partial charge >= 0.3 is 6.36 Å². The highest BCUT2D eigenvalue weighted by Gasteiger charge is 2.59. The minimum Gasteiger partial charge on any atom is -0.288 e. The zero-order valence-electron chi connectivity index (χ0n) is 19.6. The van der Waals surface area contributed by atoms with E-state index >= 15 is 0 Å². The number of hydrogen-bond acceptors (Lipinski definition) is 1. The minimum atomic E-state index is -4.54. The van der Waals surface area contributed by atoms with Crippen LogP contribution in [-0.4, -0.2) is 12.5 Å². The summed E-state index contributed by atoms with van der Waals surface area (Å²) < 4.78 is 44.1. The molecule has 3 aliphatic carbocycles. The molecule has 0 aromatic heterocycles. The number of ether oxygens (including phenoxy) is 1. The van der Waals surface area contributed by atoms with Crippen molar-refractivity contribution in [1.82, 2.24) is 0 Å². The molecule has 174 valence electrons. The molecular weight excluding hydrogens is 397 g/mol. The normalized spacial score (nSPS) is 35.4. The highest BCUT2D eigenvalue weighted by molar-refractivity contribution is 5.35. The van der Waals surface area contributed by atoms with E-state index in [0.717, 1.165) is 25.7 Å². The van der Waals surface area contributed by atoms with E-state index in [1.807, 2.05) is 0 Å². The van der Waals surface area contributed by atoms with Crippen LogP contribution in [0.4, 0.5) is 13.2 Å². The predicted octanol–water partition coefficient (Wildman–Crippen LogP) is 8.28. The summed E-state index contributed by atoms with van der Waals surface area (Å²) in [6.45, 7) is 9.09. The highest BCUT2D eigenvalue weighted by Crippen LogP contribution is 2.63. The lowest BCUT2D eigenvalue weighted by Crippen LogP contribution is -2.48. The smallest absolute Gasteiger partial charge is 0.288 e. The molecule has 31 heavy (non-hydrogen) atoms. The van der Waals surface area contributed by atoms with Crippen molar-refractivity contribution < 1.29 is 17.9 Å². The fourth-order valence-corrected chi connectivity index (χ4v) is 7.69. The van der Waals surface area contributed by atoms with Gasteiger partial charge in [0.2, 0.25) is 0 Å². The minimum absolute atomic E-state index is 0.325. The summed E-state index contributed by atoms with van der Waals surface area (Å²) in [5.74, 6) is 1.86. The first kappa shape index (κ1) is 23.1. The zero-order valence-corrected chi connectivity index (χ0v) is 19.6. The lowest BCUT2D eigenvalue weighted by Gasteiger charge is -2.53. The SMILES string of the molecule is CCCC(C)(C)CCC1Cc2ccccc2C2CCC3(C)C(OC(F)(F)F)CCC3C12. The van der Waals surface area contributed by atoms with E-state index in [-0.39, 0.29) is 5.41 Å². The van der Waals surface area contributed by atoms with Crippen LogP contribution in [0, 0.1) is 28.6 Å². The van der Waals surface area contributed by atoms with Gasteiger partial charge in [-0.25, -0.2) is 0 Å².